The molecule has 1 fully saturated rings. The molecular formula is C19H20N2O3. The van der Waals surface area contributed by atoms with Crippen molar-refractivity contribution in [3.8, 4) is 16.9 Å². The van der Waals surface area contributed by atoms with Crippen molar-refractivity contribution < 1.29 is 14.3 Å². The van der Waals surface area contributed by atoms with Gasteiger partial charge >= 0.3 is 0 Å². The third-order valence-corrected chi connectivity index (χ3v) is 3.94. The summed E-state index contributed by atoms with van der Waals surface area (Å²) in [5, 5.41) is 5.45. The smallest absolute Gasteiger partial charge is 0.242 e. The van der Waals surface area contributed by atoms with E-state index >= 15 is 0 Å². The summed E-state index contributed by atoms with van der Waals surface area (Å²) in [6.45, 7) is 0.768. The van der Waals surface area contributed by atoms with Crippen LogP contribution in [0.15, 0.2) is 54.6 Å². The number of ether oxygens (including phenoxy) is 1. The van der Waals surface area contributed by atoms with Crippen LogP contribution in [0.1, 0.15) is 12.8 Å². The third-order valence-electron chi connectivity index (χ3n) is 3.94. The van der Waals surface area contributed by atoms with Gasteiger partial charge in [-0.1, -0.05) is 48.5 Å². The van der Waals surface area contributed by atoms with Gasteiger partial charge in [-0.3, -0.25) is 9.59 Å². The molecule has 2 amide bonds. The Hall–Kier alpha value is -2.82. The van der Waals surface area contributed by atoms with E-state index in [2.05, 4.69) is 10.6 Å². The topological polar surface area (TPSA) is 67.4 Å². The van der Waals surface area contributed by atoms with Gasteiger partial charge in [0.05, 0.1) is 6.54 Å². The predicted molar refractivity (Wildman–Crippen MR) is 91.5 cm³/mol. The van der Waals surface area contributed by atoms with Gasteiger partial charge in [-0.25, -0.2) is 0 Å². The van der Waals surface area contributed by atoms with Gasteiger partial charge in [0.15, 0.2) is 0 Å². The fraction of sp³-hybridized carbons (Fsp3) is 0.263. The van der Waals surface area contributed by atoms with Crippen molar-refractivity contribution >= 4 is 11.8 Å². The van der Waals surface area contributed by atoms with Crippen molar-refractivity contribution in [1.82, 2.24) is 10.6 Å². The van der Waals surface area contributed by atoms with E-state index in [1.54, 1.807) is 0 Å². The molecule has 5 heteroatoms. The summed E-state index contributed by atoms with van der Waals surface area (Å²) in [4.78, 5) is 23.0. The van der Waals surface area contributed by atoms with E-state index in [4.69, 9.17) is 4.74 Å². The maximum absolute atomic E-state index is 11.9. The third kappa shape index (κ3) is 3.93. The highest BCUT2D eigenvalue weighted by molar-refractivity contribution is 5.90. The number of hydrogen-bond acceptors (Lipinski definition) is 3. The molecule has 2 aromatic carbocycles. The maximum Gasteiger partial charge on any atom is 0.242 e. The molecule has 0 aliphatic carbocycles. The fourth-order valence-corrected chi connectivity index (χ4v) is 2.72. The zero-order chi connectivity index (χ0) is 16.8. The van der Waals surface area contributed by atoms with Crippen LogP contribution in [0.2, 0.25) is 0 Å². The molecule has 1 aliphatic heterocycles. The second kappa shape index (κ2) is 7.64. The number of amides is 2. The summed E-state index contributed by atoms with van der Waals surface area (Å²) >= 11 is 0. The molecule has 1 heterocycles. The minimum Gasteiger partial charge on any atom is -0.491 e. The van der Waals surface area contributed by atoms with Crippen molar-refractivity contribution in [2.24, 2.45) is 0 Å². The SMILES string of the molecule is O=C1CCC(C(=O)NCCOc2ccccc2-c2ccccc2)N1. The van der Waals surface area contributed by atoms with Crippen molar-refractivity contribution in [2.75, 3.05) is 13.2 Å². The second-order valence-corrected chi connectivity index (χ2v) is 5.66. The number of carbonyl (C=O) groups excluding carboxylic acids is 2. The van der Waals surface area contributed by atoms with Crippen LogP contribution in [0.5, 0.6) is 5.75 Å². The van der Waals surface area contributed by atoms with Crippen LogP contribution in [0.4, 0.5) is 0 Å². The van der Waals surface area contributed by atoms with Gasteiger partial charge in [0.25, 0.3) is 0 Å². The number of para-hydroxylation sites is 1. The molecule has 0 saturated carbocycles. The first-order chi connectivity index (χ1) is 11.7. The lowest BCUT2D eigenvalue weighted by atomic mass is 10.1. The zero-order valence-electron chi connectivity index (χ0n) is 13.3. The maximum atomic E-state index is 11.9. The van der Waals surface area contributed by atoms with E-state index in [0.717, 1.165) is 16.9 Å². The fourth-order valence-electron chi connectivity index (χ4n) is 2.72. The highest BCUT2D eigenvalue weighted by Gasteiger charge is 2.26. The monoisotopic (exact) mass is 324 g/mol. The molecule has 5 nitrogen and oxygen atoms in total. The molecule has 1 aliphatic rings. The minimum atomic E-state index is -0.408. The summed E-state index contributed by atoms with van der Waals surface area (Å²) in [5.74, 6) is 0.566. The Kier molecular flexibility index (Phi) is 5.11. The number of hydrogen-bond donors (Lipinski definition) is 2. The first kappa shape index (κ1) is 16.1. The van der Waals surface area contributed by atoms with E-state index in [9.17, 15) is 9.59 Å². The molecule has 0 aromatic heterocycles. The zero-order valence-corrected chi connectivity index (χ0v) is 13.3. The Morgan fingerprint density at radius 2 is 1.88 bits per heavy atom. The second-order valence-electron chi connectivity index (χ2n) is 5.66. The van der Waals surface area contributed by atoms with Crippen molar-refractivity contribution in [1.29, 1.82) is 0 Å². The molecule has 24 heavy (non-hydrogen) atoms. The van der Waals surface area contributed by atoms with E-state index in [1.807, 2.05) is 54.6 Å². The van der Waals surface area contributed by atoms with Gasteiger partial charge < -0.3 is 15.4 Å². The molecule has 1 atom stereocenters. The van der Waals surface area contributed by atoms with Crippen LogP contribution < -0.4 is 15.4 Å². The Morgan fingerprint density at radius 1 is 1.12 bits per heavy atom. The quantitative estimate of drug-likeness (QED) is 0.800. The Bertz CT molecular complexity index is 716. The first-order valence-electron chi connectivity index (χ1n) is 8.08. The van der Waals surface area contributed by atoms with E-state index in [0.29, 0.717) is 26.0 Å². The molecule has 3 rings (SSSR count). The highest BCUT2D eigenvalue weighted by atomic mass is 16.5. The summed E-state index contributed by atoms with van der Waals surface area (Å²) in [7, 11) is 0. The molecule has 2 aromatic rings. The van der Waals surface area contributed by atoms with Crippen LogP contribution >= 0.6 is 0 Å². The summed E-state index contributed by atoms with van der Waals surface area (Å²) in [6.07, 6.45) is 0.974. The van der Waals surface area contributed by atoms with Gasteiger partial charge in [0.2, 0.25) is 11.8 Å². The van der Waals surface area contributed by atoms with E-state index < -0.39 is 6.04 Å². The molecular weight excluding hydrogens is 304 g/mol. The van der Waals surface area contributed by atoms with Gasteiger partial charge in [0.1, 0.15) is 18.4 Å². The highest BCUT2D eigenvalue weighted by Crippen LogP contribution is 2.29. The standard InChI is InChI=1S/C19H20N2O3/c22-18-11-10-16(21-18)19(23)20-12-13-24-17-9-5-4-8-15(17)14-6-2-1-3-7-14/h1-9,16H,10-13H2,(H,20,23)(H,21,22). The molecule has 0 bridgehead atoms. The molecule has 124 valence electrons. The minimum absolute atomic E-state index is 0.0665. The summed E-state index contributed by atoms with van der Waals surface area (Å²) in [5.41, 5.74) is 2.11. The van der Waals surface area contributed by atoms with Gasteiger partial charge in [0, 0.05) is 12.0 Å². The Morgan fingerprint density at radius 3 is 2.62 bits per heavy atom. The van der Waals surface area contributed by atoms with E-state index in [-0.39, 0.29) is 11.8 Å². The predicted octanol–water partition coefficient (Wildman–Crippen LogP) is 2.13. The number of nitrogens with one attached hydrogen (secondary N) is 2. The summed E-state index contributed by atoms with van der Waals surface area (Å²) < 4.78 is 5.82. The summed E-state index contributed by atoms with van der Waals surface area (Å²) in [6, 6.07) is 17.4. The normalized spacial score (nSPS) is 16.5. The molecule has 0 radical (unpaired) electrons. The van der Waals surface area contributed by atoms with Crippen LogP contribution in [-0.4, -0.2) is 31.0 Å². The molecule has 1 unspecified atom stereocenters. The van der Waals surface area contributed by atoms with Crippen LogP contribution in [-0.2, 0) is 9.59 Å². The van der Waals surface area contributed by atoms with Gasteiger partial charge in [-0.05, 0) is 18.1 Å². The van der Waals surface area contributed by atoms with Crippen LogP contribution in [0.25, 0.3) is 11.1 Å². The van der Waals surface area contributed by atoms with E-state index in [1.165, 1.54) is 0 Å². The number of carbonyl (C=O) groups is 2. The van der Waals surface area contributed by atoms with Crippen molar-refractivity contribution in [2.45, 2.75) is 18.9 Å². The van der Waals surface area contributed by atoms with Gasteiger partial charge in [-0.2, -0.15) is 0 Å². The van der Waals surface area contributed by atoms with Crippen LogP contribution in [0.3, 0.4) is 0 Å². The lowest BCUT2D eigenvalue weighted by Gasteiger charge is -2.13. The first-order valence-corrected chi connectivity index (χ1v) is 8.08. The molecule has 2 N–H and O–H groups in total. The van der Waals surface area contributed by atoms with Crippen LogP contribution in [0, 0.1) is 0 Å². The lowest BCUT2D eigenvalue weighted by molar-refractivity contribution is -0.125. The number of benzene rings is 2. The molecule has 0 spiro atoms. The largest absolute Gasteiger partial charge is 0.491 e. The molecule has 1 saturated heterocycles. The Balaban J connectivity index is 1.52. The van der Waals surface area contributed by atoms with Crippen molar-refractivity contribution in [3.05, 3.63) is 54.6 Å². The Labute approximate surface area is 141 Å². The average Bonchev–Trinajstić information content (AvgIpc) is 3.06. The van der Waals surface area contributed by atoms with Crippen molar-refractivity contribution in [3.63, 3.8) is 0 Å². The number of rotatable bonds is 6. The van der Waals surface area contributed by atoms with Gasteiger partial charge in [-0.15, -0.1) is 0 Å². The average molecular weight is 324 g/mol. The lowest BCUT2D eigenvalue weighted by Crippen LogP contribution is -2.42.